The number of rotatable bonds is 0. The summed E-state index contributed by atoms with van der Waals surface area (Å²) in [5.74, 6) is -0.244. The molecule has 1 aromatic rings. The van der Waals surface area contributed by atoms with Crippen molar-refractivity contribution in [3.63, 3.8) is 0 Å². The van der Waals surface area contributed by atoms with Crippen LogP contribution >= 0.6 is 0 Å². The van der Waals surface area contributed by atoms with Crippen LogP contribution in [0.5, 0.6) is 0 Å². The van der Waals surface area contributed by atoms with Crippen molar-refractivity contribution in [1.29, 1.82) is 0 Å². The fourth-order valence-electron chi connectivity index (χ4n) is 3.03. The van der Waals surface area contributed by atoms with E-state index in [1.54, 1.807) is 12.1 Å². The van der Waals surface area contributed by atoms with Crippen LogP contribution in [0.25, 0.3) is 5.76 Å². The Balaban J connectivity index is 1.86. The number of carbonyl (C=O) groups is 2. The van der Waals surface area contributed by atoms with Gasteiger partial charge in [-0.05, 0) is 12.8 Å². The van der Waals surface area contributed by atoms with Gasteiger partial charge in [-0.2, -0.15) is 0 Å². The van der Waals surface area contributed by atoms with E-state index in [-0.39, 0.29) is 23.1 Å². The Morgan fingerprint density at radius 1 is 1.11 bits per heavy atom. The summed E-state index contributed by atoms with van der Waals surface area (Å²) in [6.07, 6.45) is 1.03. The molecule has 3 aliphatic rings. The summed E-state index contributed by atoms with van der Waals surface area (Å²) < 4.78 is 11.3. The lowest BCUT2D eigenvalue weighted by molar-refractivity contribution is -0.170. The molecule has 1 saturated heterocycles. The van der Waals surface area contributed by atoms with Gasteiger partial charge in [-0.15, -0.1) is 0 Å². The zero-order chi connectivity index (χ0) is 13.0. The van der Waals surface area contributed by atoms with E-state index in [0.29, 0.717) is 23.5 Å². The van der Waals surface area contributed by atoms with Crippen molar-refractivity contribution in [3.8, 4) is 0 Å². The van der Waals surface area contributed by atoms with E-state index in [4.69, 9.17) is 9.47 Å². The van der Waals surface area contributed by atoms with Gasteiger partial charge < -0.3 is 9.47 Å². The standard InChI is InChI=1S/C15H12O4/c16-12-8-4-1-2-5-9(8)14-11(12)13(17)10-6-3-7-18-15(10)19-14/h1-2,4-5,10,15H,3,6-7H2/t10-,15+/m0/s1. The molecule has 19 heavy (non-hydrogen) atoms. The smallest absolute Gasteiger partial charge is 0.210 e. The van der Waals surface area contributed by atoms with Gasteiger partial charge in [-0.25, -0.2) is 0 Å². The molecule has 0 radical (unpaired) electrons. The highest BCUT2D eigenvalue weighted by Crippen LogP contribution is 2.42. The Morgan fingerprint density at radius 3 is 2.74 bits per heavy atom. The maximum atomic E-state index is 12.5. The Morgan fingerprint density at radius 2 is 1.89 bits per heavy atom. The Hall–Kier alpha value is -1.94. The van der Waals surface area contributed by atoms with Crippen LogP contribution in [0.1, 0.15) is 28.8 Å². The van der Waals surface area contributed by atoms with E-state index in [9.17, 15) is 9.59 Å². The molecule has 2 atom stereocenters. The quantitative estimate of drug-likeness (QED) is 0.666. The second-order valence-electron chi connectivity index (χ2n) is 5.05. The van der Waals surface area contributed by atoms with Crippen LogP contribution in [0, 0.1) is 5.92 Å². The lowest BCUT2D eigenvalue weighted by Crippen LogP contribution is -2.41. The van der Waals surface area contributed by atoms with Crippen molar-refractivity contribution >= 4 is 17.3 Å². The molecule has 96 valence electrons. The molecule has 0 bridgehead atoms. The van der Waals surface area contributed by atoms with Gasteiger partial charge in [0.1, 0.15) is 11.3 Å². The molecule has 0 spiro atoms. The lowest BCUT2D eigenvalue weighted by Gasteiger charge is -2.34. The van der Waals surface area contributed by atoms with Crippen molar-refractivity contribution < 1.29 is 19.1 Å². The third-order valence-corrected chi connectivity index (χ3v) is 3.96. The molecule has 1 aromatic carbocycles. The fourth-order valence-corrected chi connectivity index (χ4v) is 3.03. The van der Waals surface area contributed by atoms with Crippen LogP contribution in [0.4, 0.5) is 0 Å². The van der Waals surface area contributed by atoms with Gasteiger partial charge in [0.15, 0.2) is 5.78 Å². The largest absolute Gasteiger partial charge is 0.463 e. The molecular weight excluding hydrogens is 244 g/mol. The summed E-state index contributed by atoms with van der Waals surface area (Å²) in [5.41, 5.74) is 1.48. The van der Waals surface area contributed by atoms with Crippen molar-refractivity contribution in [2.75, 3.05) is 6.61 Å². The van der Waals surface area contributed by atoms with Gasteiger partial charge in [0.2, 0.25) is 12.1 Å². The molecule has 4 rings (SSSR count). The molecule has 4 nitrogen and oxygen atoms in total. The van der Waals surface area contributed by atoms with Crippen LogP contribution in [0.3, 0.4) is 0 Å². The molecule has 2 heterocycles. The normalized spacial score (nSPS) is 28.6. The minimum atomic E-state index is -0.529. The molecule has 1 aliphatic carbocycles. The number of ketones is 2. The Labute approximate surface area is 110 Å². The first kappa shape index (κ1) is 10.9. The van der Waals surface area contributed by atoms with Crippen LogP contribution in [-0.4, -0.2) is 24.5 Å². The average molecular weight is 256 g/mol. The van der Waals surface area contributed by atoms with Gasteiger partial charge in [0, 0.05) is 11.1 Å². The molecule has 0 N–H and O–H groups in total. The van der Waals surface area contributed by atoms with Crippen molar-refractivity contribution in [2.45, 2.75) is 19.1 Å². The molecule has 0 amide bonds. The first-order valence-electron chi connectivity index (χ1n) is 6.48. The van der Waals surface area contributed by atoms with E-state index in [0.717, 1.165) is 12.8 Å². The van der Waals surface area contributed by atoms with Gasteiger partial charge >= 0.3 is 0 Å². The average Bonchev–Trinajstić information content (AvgIpc) is 2.74. The highest BCUT2D eigenvalue weighted by atomic mass is 16.7. The van der Waals surface area contributed by atoms with Gasteiger partial charge in [-0.3, -0.25) is 9.59 Å². The third kappa shape index (κ3) is 1.37. The summed E-state index contributed by atoms with van der Waals surface area (Å²) >= 11 is 0. The predicted molar refractivity (Wildman–Crippen MR) is 66.2 cm³/mol. The van der Waals surface area contributed by atoms with Crippen molar-refractivity contribution in [2.24, 2.45) is 5.92 Å². The van der Waals surface area contributed by atoms with Gasteiger partial charge in [-0.1, -0.05) is 24.3 Å². The minimum absolute atomic E-state index is 0.118. The second kappa shape index (κ2) is 3.78. The van der Waals surface area contributed by atoms with E-state index in [1.807, 2.05) is 12.1 Å². The maximum absolute atomic E-state index is 12.5. The highest BCUT2D eigenvalue weighted by Gasteiger charge is 2.47. The molecule has 1 fully saturated rings. The molecule has 4 heteroatoms. The number of Topliss-reactive ketones (excluding diaryl/α,β-unsaturated/α-hetero) is 2. The van der Waals surface area contributed by atoms with E-state index in [1.165, 1.54) is 0 Å². The van der Waals surface area contributed by atoms with Crippen molar-refractivity contribution in [1.82, 2.24) is 0 Å². The zero-order valence-electron chi connectivity index (χ0n) is 10.2. The number of hydrogen-bond acceptors (Lipinski definition) is 4. The van der Waals surface area contributed by atoms with Gasteiger partial charge in [0.05, 0.1) is 12.5 Å². The Kier molecular flexibility index (Phi) is 2.17. The lowest BCUT2D eigenvalue weighted by atomic mass is 9.88. The monoisotopic (exact) mass is 256 g/mol. The molecule has 2 aliphatic heterocycles. The van der Waals surface area contributed by atoms with Crippen molar-refractivity contribution in [3.05, 3.63) is 41.0 Å². The topological polar surface area (TPSA) is 52.6 Å². The van der Waals surface area contributed by atoms with E-state index < -0.39 is 6.29 Å². The number of benzene rings is 1. The first-order valence-corrected chi connectivity index (χ1v) is 6.48. The van der Waals surface area contributed by atoms with Crippen LogP contribution in [0.15, 0.2) is 29.8 Å². The summed E-state index contributed by atoms with van der Waals surface area (Å²) in [6, 6.07) is 7.18. The first-order chi connectivity index (χ1) is 9.27. The highest BCUT2D eigenvalue weighted by molar-refractivity contribution is 6.35. The number of allylic oxidation sites excluding steroid dienone is 1. The maximum Gasteiger partial charge on any atom is 0.210 e. The number of fused-ring (bicyclic) bond motifs is 3. The van der Waals surface area contributed by atoms with E-state index >= 15 is 0 Å². The summed E-state index contributed by atoms with van der Waals surface area (Å²) in [4.78, 5) is 24.8. The number of hydrogen-bond donors (Lipinski definition) is 0. The SMILES string of the molecule is O=C1C2=C(O[C@H]3OCCC[C@H]3C2=O)c2ccccc21. The number of carbonyl (C=O) groups excluding carboxylic acids is 2. The van der Waals surface area contributed by atoms with Crippen LogP contribution in [0.2, 0.25) is 0 Å². The predicted octanol–water partition coefficient (Wildman–Crippen LogP) is 1.95. The molecule has 0 unspecified atom stereocenters. The minimum Gasteiger partial charge on any atom is -0.463 e. The summed E-state index contributed by atoms with van der Waals surface area (Å²) in [7, 11) is 0. The zero-order valence-corrected chi connectivity index (χ0v) is 10.2. The molecule has 0 aromatic heterocycles. The molecular formula is C15H12O4. The van der Waals surface area contributed by atoms with E-state index in [2.05, 4.69) is 0 Å². The third-order valence-electron chi connectivity index (χ3n) is 3.96. The Bertz CT molecular complexity index is 629. The van der Waals surface area contributed by atoms with Crippen LogP contribution in [-0.2, 0) is 14.3 Å². The van der Waals surface area contributed by atoms with Crippen LogP contribution < -0.4 is 0 Å². The summed E-state index contributed by atoms with van der Waals surface area (Å²) in [5, 5.41) is 0. The summed E-state index contributed by atoms with van der Waals surface area (Å²) in [6.45, 7) is 0.604. The number of ether oxygens (including phenoxy) is 2. The fraction of sp³-hybridized carbons (Fsp3) is 0.333. The molecule has 0 saturated carbocycles. The van der Waals surface area contributed by atoms with Gasteiger partial charge in [0.25, 0.3) is 0 Å². The second-order valence-corrected chi connectivity index (χ2v) is 5.05.